The Morgan fingerprint density at radius 2 is 1.78 bits per heavy atom. The number of hydrogen-bond donors (Lipinski definition) is 3. The predicted octanol–water partition coefficient (Wildman–Crippen LogP) is 2.89. The highest BCUT2D eigenvalue weighted by Gasteiger charge is 2.06. The molecule has 1 amide bonds. The predicted molar refractivity (Wildman–Crippen MR) is 95.4 cm³/mol. The zero-order valence-corrected chi connectivity index (χ0v) is 14.1. The summed E-state index contributed by atoms with van der Waals surface area (Å²) in [6, 6.07) is 9.39. The van der Waals surface area contributed by atoms with E-state index in [2.05, 4.69) is 29.1 Å². The van der Waals surface area contributed by atoms with Crippen LogP contribution in [-0.4, -0.2) is 21.6 Å². The van der Waals surface area contributed by atoms with Crippen LogP contribution in [0.4, 0.5) is 17.3 Å². The Morgan fingerprint density at radius 1 is 1.17 bits per heavy atom. The zero-order chi connectivity index (χ0) is 16.8. The van der Waals surface area contributed by atoms with Gasteiger partial charge in [0.1, 0.15) is 11.6 Å². The number of aromatic nitrogens is 2. The second-order valence-corrected chi connectivity index (χ2v) is 6.49. The molecule has 0 aliphatic rings. The van der Waals surface area contributed by atoms with E-state index < -0.39 is 0 Å². The minimum atomic E-state index is -0.0494. The molecule has 0 saturated carbocycles. The summed E-state index contributed by atoms with van der Waals surface area (Å²) < 4.78 is 0. The van der Waals surface area contributed by atoms with E-state index in [4.69, 9.17) is 11.5 Å². The van der Waals surface area contributed by atoms with Gasteiger partial charge < -0.3 is 16.8 Å². The van der Waals surface area contributed by atoms with Gasteiger partial charge in [-0.1, -0.05) is 37.7 Å². The molecule has 0 unspecified atom stereocenters. The summed E-state index contributed by atoms with van der Waals surface area (Å²) in [7, 11) is 0. The van der Waals surface area contributed by atoms with Crippen LogP contribution in [0.2, 0.25) is 0 Å². The third-order valence-electron chi connectivity index (χ3n) is 3.17. The second-order valence-electron chi connectivity index (χ2n) is 5.42. The summed E-state index contributed by atoms with van der Waals surface area (Å²) in [4.78, 5) is 20.1. The molecule has 1 aromatic carbocycles. The van der Waals surface area contributed by atoms with Crippen LogP contribution in [0, 0.1) is 0 Å². The van der Waals surface area contributed by atoms with E-state index >= 15 is 0 Å². The number of nitrogens with two attached hydrogens (primary N) is 2. The summed E-state index contributed by atoms with van der Waals surface area (Å²) in [6.07, 6.45) is 0.356. The topological polar surface area (TPSA) is 107 Å². The van der Waals surface area contributed by atoms with Gasteiger partial charge in [-0.3, -0.25) is 4.79 Å². The first kappa shape index (κ1) is 17.1. The summed E-state index contributed by atoms with van der Waals surface area (Å²) >= 11 is 1.35. The number of rotatable bonds is 6. The number of benzene rings is 1. The van der Waals surface area contributed by atoms with Crippen LogP contribution in [-0.2, 0) is 4.79 Å². The molecule has 2 aromatic rings. The highest BCUT2D eigenvalue weighted by atomic mass is 32.2. The van der Waals surface area contributed by atoms with Crippen molar-refractivity contribution in [2.24, 2.45) is 0 Å². The smallest absolute Gasteiger partial charge is 0.225 e. The van der Waals surface area contributed by atoms with E-state index in [0.717, 1.165) is 5.69 Å². The largest absolute Gasteiger partial charge is 0.383 e. The lowest BCUT2D eigenvalue weighted by atomic mass is 10.0. The van der Waals surface area contributed by atoms with Gasteiger partial charge in [-0.2, -0.15) is 0 Å². The van der Waals surface area contributed by atoms with Crippen molar-refractivity contribution < 1.29 is 4.79 Å². The number of hydrogen-bond acceptors (Lipinski definition) is 6. The van der Waals surface area contributed by atoms with Crippen LogP contribution in [0.15, 0.2) is 35.5 Å². The van der Waals surface area contributed by atoms with Crippen molar-refractivity contribution in [3.05, 3.63) is 35.9 Å². The maximum absolute atomic E-state index is 11.9. The van der Waals surface area contributed by atoms with Crippen molar-refractivity contribution in [1.82, 2.24) is 9.97 Å². The van der Waals surface area contributed by atoms with Gasteiger partial charge in [-0.05, 0) is 23.6 Å². The van der Waals surface area contributed by atoms with Crippen LogP contribution in [0.5, 0.6) is 0 Å². The molecule has 7 heteroatoms. The number of nitrogen functional groups attached to an aromatic ring is 2. The number of nitrogens with zero attached hydrogens (tertiary/aromatic N) is 2. The molecule has 6 nitrogen and oxygen atoms in total. The second kappa shape index (κ2) is 7.82. The fourth-order valence-electron chi connectivity index (χ4n) is 1.94. The molecule has 1 heterocycles. The van der Waals surface area contributed by atoms with E-state index in [1.807, 2.05) is 24.3 Å². The summed E-state index contributed by atoms with van der Waals surface area (Å²) in [6.45, 7) is 4.27. The first-order chi connectivity index (χ1) is 10.9. The Morgan fingerprint density at radius 3 is 2.35 bits per heavy atom. The zero-order valence-electron chi connectivity index (χ0n) is 13.2. The molecule has 0 aliphatic heterocycles. The summed E-state index contributed by atoms with van der Waals surface area (Å²) in [5.41, 5.74) is 13.3. The Bertz CT molecular complexity index is 652. The number of carbonyl (C=O) groups excluding carboxylic acids is 1. The Hall–Kier alpha value is -2.28. The molecule has 23 heavy (non-hydrogen) atoms. The lowest BCUT2D eigenvalue weighted by Crippen LogP contribution is -2.12. The van der Waals surface area contributed by atoms with Crippen LogP contribution in [0.25, 0.3) is 0 Å². The van der Waals surface area contributed by atoms with Gasteiger partial charge in [0.25, 0.3) is 0 Å². The Kier molecular flexibility index (Phi) is 5.81. The molecule has 5 N–H and O–H groups in total. The third kappa shape index (κ3) is 5.45. The molecule has 2 rings (SSSR count). The lowest BCUT2D eigenvalue weighted by Gasteiger charge is -2.08. The average molecular weight is 331 g/mol. The minimum absolute atomic E-state index is 0.0494. The van der Waals surface area contributed by atoms with Crippen LogP contribution < -0.4 is 16.8 Å². The molecular formula is C16H21N5OS. The van der Waals surface area contributed by atoms with Crippen molar-refractivity contribution >= 4 is 35.0 Å². The molecular weight excluding hydrogens is 310 g/mol. The van der Waals surface area contributed by atoms with E-state index in [1.165, 1.54) is 23.4 Å². The number of thioether (sulfide) groups is 1. The first-order valence-electron chi connectivity index (χ1n) is 7.36. The first-order valence-corrected chi connectivity index (χ1v) is 8.35. The van der Waals surface area contributed by atoms with Crippen molar-refractivity contribution in [3.8, 4) is 0 Å². The number of amides is 1. The standard InChI is InChI=1S/C16H21N5OS/c1-10(2)11-3-5-12(6-4-11)19-15(22)7-8-23-16-20-13(17)9-14(18)21-16/h3-6,9-10H,7-8H2,1-2H3,(H,19,22)(H4,17,18,20,21). The summed E-state index contributed by atoms with van der Waals surface area (Å²) in [5, 5.41) is 3.36. The molecule has 122 valence electrons. The highest BCUT2D eigenvalue weighted by Crippen LogP contribution is 2.19. The minimum Gasteiger partial charge on any atom is -0.383 e. The van der Waals surface area contributed by atoms with Crippen molar-refractivity contribution in [2.45, 2.75) is 31.3 Å². The molecule has 0 spiro atoms. The van der Waals surface area contributed by atoms with E-state index in [0.29, 0.717) is 34.9 Å². The van der Waals surface area contributed by atoms with Gasteiger partial charge in [0.2, 0.25) is 5.91 Å². The van der Waals surface area contributed by atoms with Gasteiger partial charge in [0.15, 0.2) is 5.16 Å². The quantitative estimate of drug-likeness (QED) is 0.555. The Labute approximate surface area is 140 Å². The highest BCUT2D eigenvalue weighted by molar-refractivity contribution is 7.99. The molecule has 0 radical (unpaired) electrons. The van der Waals surface area contributed by atoms with E-state index in [1.54, 1.807) is 0 Å². The van der Waals surface area contributed by atoms with Gasteiger partial charge in [0.05, 0.1) is 0 Å². The lowest BCUT2D eigenvalue weighted by molar-refractivity contribution is -0.115. The number of nitrogens with one attached hydrogen (secondary N) is 1. The fraction of sp³-hybridized carbons (Fsp3) is 0.312. The van der Waals surface area contributed by atoms with Gasteiger partial charge in [-0.15, -0.1) is 0 Å². The molecule has 1 aromatic heterocycles. The van der Waals surface area contributed by atoms with E-state index in [-0.39, 0.29) is 5.91 Å². The monoisotopic (exact) mass is 331 g/mol. The maximum Gasteiger partial charge on any atom is 0.225 e. The average Bonchev–Trinajstić information content (AvgIpc) is 2.46. The van der Waals surface area contributed by atoms with Crippen LogP contribution in [0.3, 0.4) is 0 Å². The molecule has 0 saturated heterocycles. The Balaban J connectivity index is 1.80. The van der Waals surface area contributed by atoms with Crippen LogP contribution in [0.1, 0.15) is 31.7 Å². The van der Waals surface area contributed by atoms with Crippen LogP contribution >= 0.6 is 11.8 Å². The SMILES string of the molecule is CC(C)c1ccc(NC(=O)CCSc2nc(N)cc(N)n2)cc1. The van der Waals surface area contributed by atoms with Gasteiger partial charge in [0, 0.05) is 23.9 Å². The number of anilines is 3. The molecule has 0 atom stereocenters. The van der Waals surface area contributed by atoms with Gasteiger partial charge in [-0.25, -0.2) is 9.97 Å². The number of carbonyl (C=O) groups is 1. The maximum atomic E-state index is 11.9. The van der Waals surface area contributed by atoms with Crippen molar-refractivity contribution in [1.29, 1.82) is 0 Å². The van der Waals surface area contributed by atoms with Crippen molar-refractivity contribution in [2.75, 3.05) is 22.5 Å². The van der Waals surface area contributed by atoms with Gasteiger partial charge >= 0.3 is 0 Å². The van der Waals surface area contributed by atoms with E-state index in [9.17, 15) is 4.79 Å². The molecule has 0 fully saturated rings. The molecule has 0 bridgehead atoms. The fourth-order valence-corrected chi connectivity index (χ4v) is 2.75. The normalized spacial score (nSPS) is 10.7. The van der Waals surface area contributed by atoms with Crippen molar-refractivity contribution in [3.63, 3.8) is 0 Å². The summed E-state index contributed by atoms with van der Waals surface area (Å²) in [5.74, 6) is 1.64. The molecule has 0 aliphatic carbocycles. The third-order valence-corrected chi connectivity index (χ3v) is 4.02.